The van der Waals surface area contributed by atoms with Crippen molar-refractivity contribution in [2.24, 2.45) is 0 Å². The molecule has 0 amide bonds. The molecule has 1 aromatic carbocycles. The molecule has 3 aromatic rings. The van der Waals surface area contributed by atoms with Crippen molar-refractivity contribution in [3.63, 3.8) is 0 Å². The van der Waals surface area contributed by atoms with Gasteiger partial charge in [0, 0.05) is 17.8 Å². The Balaban J connectivity index is 1.88. The second kappa shape index (κ2) is 5.94. The topological polar surface area (TPSA) is 35.0 Å². The normalized spacial score (nSPS) is 10.4. The van der Waals surface area contributed by atoms with E-state index in [2.05, 4.69) is 9.97 Å². The zero-order valence-electron chi connectivity index (χ0n) is 11.5. The average Bonchev–Trinajstić information content (AvgIpc) is 2.50. The van der Waals surface area contributed by atoms with Crippen molar-refractivity contribution in [3.05, 3.63) is 71.6 Å². The zero-order valence-corrected chi connectivity index (χ0v) is 12.2. The van der Waals surface area contributed by atoms with Crippen LogP contribution in [0.5, 0.6) is 11.5 Å². The van der Waals surface area contributed by atoms with E-state index in [0.717, 1.165) is 17.0 Å². The standard InChI is InChI=1S/C17H13ClN2O/c1-12-16(21-14-9-10-19-17(18)11-14)8-7-15(20-12)13-5-3-2-4-6-13/h2-11H,1H3. The first kappa shape index (κ1) is 13.6. The molecular weight excluding hydrogens is 284 g/mol. The summed E-state index contributed by atoms with van der Waals surface area (Å²) in [6, 6.07) is 17.3. The van der Waals surface area contributed by atoms with Crippen LogP contribution in [0.15, 0.2) is 60.8 Å². The van der Waals surface area contributed by atoms with Crippen molar-refractivity contribution in [2.45, 2.75) is 6.92 Å². The second-order valence-corrected chi connectivity index (χ2v) is 4.95. The Morgan fingerprint density at radius 3 is 2.52 bits per heavy atom. The molecule has 0 aliphatic rings. The van der Waals surface area contributed by atoms with Crippen molar-refractivity contribution in [3.8, 4) is 22.8 Å². The minimum absolute atomic E-state index is 0.402. The molecule has 0 saturated carbocycles. The summed E-state index contributed by atoms with van der Waals surface area (Å²) in [5.74, 6) is 1.35. The van der Waals surface area contributed by atoms with E-state index in [0.29, 0.717) is 16.7 Å². The Hall–Kier alpha value is -2.39. The van der Waals surface area contributed by atoms with Crippen LogP contribution in [0.4, 0.5) is 0 Å². The van der Waals surface area contributed by atoms with Gasteiger partial charge in [-0.3, -0.25) is 0 Å². The molecule has 0 bridgehead atoms. The molecule has 0 fully saturated rings. The number of nitrogens with zero attached hydrogens (tertiary/aromatic N) is 2. The fourth-order valence-corrected chi connectivity index (χ4v) is 2.16. The molecule has 2 heterocycles. The van der Waals surface area contributed by atoms with Gasteiger partial charge in [0.2, 0.25) is 0 Å². The van der Waals surface area contributed by atoms with Gasteiger partial charge in [0.05, 0.1) is 11.4 Å². The summed E-state index contributed by atoms with van der Waals surface area (Å²) < 4.78 is 5.79. The highest BCUT2D eigenvalue weighted by molar-refractivity contribution is 6.29. The maximum atomic E-state index is 5.85. The predicted octanol–water partition coefficient (Wildman–Crippen LogP) is 4.90. The van der Waals surface area contributed by atoms with E-state index in [1.807, 2.05) is 49.4 Å². The smallest absolute Gasteiger partial charge is 0.148 e. The van der Waals surface area contributed by atoms with Gasteiger partial charge >= 0.3 is 0 Å². The minimum atomic E-state index is 0.402. The maximum absolute atomic E-state index is 5.85. The Morgan fingerprint density at radius 1 is 1.00 bits per heavy atom. The number of aryl methyl sites for hydroxylation is 1. The highest BCUT2D eigenvalue weighted by Gasteiger charge is 2.06. The average molecular weight is 297 g/mol. The summed E-state index contributed by atoms with van der Waals surface area (Å²) in [4.78, 5) is 8.52. The lowest BCUT2D eigenvalue weighted by molar-refractivity contribution is 0.475. The lowest BCUT2D eigenvalue weighted by atomic mass is 10.1. The van der Waals surface area contributed by atoms with Crippen molar-refractivity contribution >= 4 is 11.6 Å². The second-order valence-electron chi connectivity index (χ2n) is 4.56. The molecule has 0 N–H and O–H groups in total. The number of rotatable bonds is 3. The lowest BCUT2D eigenvalue weighted by Gasteiger charge is -2.09. The largest absolute Gasteiger partial charge is 0.455 e. The molecule has 0 spiro atoms. The molecular formula is C17H13ClN2O. The SMILES string of the molecule is Cc1nc(-c2ccccc2)ccc1Oc1ccnc(Cl)c1. The molecule has 3 nitrogen and oxygen atoms in total. The zero-order chi connectivity index (χ0) is 14.7. The molecule has 4 heteroatoms. The summed E-state index contributed by atoms with van der Waals surface area (Å²) >= 11 is 5.85. The van der Waals surface area contributed by atoms with Crippen molar-refractivity contribution in [1.82, 2.24) is 9.97 Å². The third-order valence-corrected chi connectivity index (χ3v) is 3.24. The van der Waals surface area contributed by atoms with E-state index >= 15 is 0 Å². The molecule has 2 aromatic heterocycles. The van der Waals surface area contributed by atoms with Gasteiger partial charge in [-0.2, -0.15) is 0 Å². The van der Waals surface area contributed by atoms with Gasteiger partial charge in [-0.05, 0) is 25.1 Å². The van der Waals surface area contributed by atoms with Gasteiger partial charge in [0.25, 0.3) is 0 Å². The molecule has 0 unspecified atom stereocenters. The van der Waals surface area contributed by atoms with Crippen LogP contribution in [-0.4, -0.2) is 9.97 Å². The Morgan fingerprint density at radius 2 is 1.81 bits per heavy atom. The summed E-state index contributed by atoms with van der Waals surface area (Å²) in [5, 5.41) is 0.402. The van der Waals surface area contributed by atoms with Crippen LogP contribution in [0.2, 0.25) is 5.15 Å². The molecule has 0 aliphatic heterocycles. The van der Waals surface area contributed by atoms with E-state index in [-0.39, 0.29) is 0 Å². The fourth-order valence-electron chi connectivity index (χ4n) is 2.00. The van der Waals surface area contributed by atoms with Crippen molar-refractivity contribution < 1.29 is 4.74 Å². The van der Waals surface area contributed by atoms with E-state index in [1.165, 1.54) is 0 Å². The molecule has 0 aliphatic carbocycles. The number of ether oxygens (including phenoxy) is 1. The van der Waals surface area contributed by atoms with Gasteiger partial charge < -0.3 is 4.74 Å². The first-order chi connectivity index (χ1) is 10.2. The van der Waals surface area contributed by atoms with Gasteiger partial charge in [-0.1, -0.05) is 41.9 Å². The van der Waals surface area contributed by atoms with E-state index < -0.39 is 0 Å². The van der Waals surface area contributed by atoms with Gasteiger partial charge in [-0.15, -0.1) is 0 Å². The van der Waals surface area contributed by atoms with Crippen LogP contribution in [0.25, 0.3) is 11.3 Å². The minimum Gasteiger partial charge on any atom is -0.455 e. The van der Waals surface area contributed by atoms with Crippen LogP contribution in [0, 0.1) is 6.92 Å². The first-order valence-corrected chi connectivity index (χ1v) is 6.92. The third kappa shape index (κ3) is 3.20. The first-order valence-electron chi connectivity index (χ1n) is 6.55. The van der Waals surface area contributed by atoms with Gasteiger partial charge in [0.15, 0.2) is 0 Å². The molecule has 0 atom stereocenters. The Labute approximate surface area is 128 Å². The Bertz CT molecular complexity index is 760. The fraction of sp³-hybridized carbons (Fsp3) is 0.0588. The monoisotopic (exact) mass is 296 g/mol. The predicted molar refractivity (Wildman–Crippen MR) is 83.7 cm³/mol. The number of hydrogen-bond acceptors (Lipinski definition) is 3. The third-order valence-electron chi connectivity index (χ3n) is 3.03. The summed E-state index contributed by atoms with van der Waals surface area (Å²) in [6.07, 6.45) is 1.61. The summed E-state index contributed by atoms with van der Waals surface area (Å²) in [5.41, 5.74) is 2.83. The highest BCUT2D eigenvalue weighted by Crippen LogP contribution is 2.27. The van der Waals surface area contributed by atoms with Crippen LogP contribution < -0.4 is 4.74 Å². The van der Waals surface area contributed by atoms with E-state index in [4.69, 9.17) is 16.3 Å². The highest BCUT2D eigenvalue weighted by atomic mass is 35.5. The van der Waals surface area contributed by atoms with Crippen molar-refractivity contribution in [2.75, 3.05) is 0 Å². The van der Waals surface area contributed by atoms with Crippen LogP contribution in [0.1, 0.15) is 5.69 Å². The molecule has 0 radical (unpaired) electrons. The number of hydrogen-bond donors (Lipinski definition) is 0. The quantitative estimate of drug-likeness (QED) is 0.645. The summed E-state index contributed by atoms with van der Waals surface area (Å²) in [7, 11) is 0. The van der Waals surface area contributed by atoms with Crippen LogP contribution in [0.3, 0.4) is 0 Å². The molecule has 21 heavy (non-hydrogen) atoms. The van der Waals surface area contributed by atoms with E-state index in [9.17, 15) is 0 Å². The van der Waals surface area contributed by atoms with Gasteiger partial charge in [0.1, 0.15) is 16.7 Å². The van der Waals surface area contributed by atoms with Crippen LogP contribution in [-0.2, 0) is 0 Å². The van der Waals surface area contributed by atoms with Crippen LogP contribution >= 0.6 is 11.6 Å². The molecule has 3 rings (SSSR count). The maximum Gasteiger partial charge on any atom is 0.148 e. The Kier molecular flexibility index (Phi) is 3.84. The number of pyridine rings is 2. The number of benzene rings is 1. The lowest BCUT2D eigenvalue weighted by Crippen LogP contribution is -1.93. The molecule has 0 saturated heterocycles. The number of aromatic nitrogens is 2. The molecule has 104 valence electrons. The van der Waals surface area contributed by atoms with Crippen molar-refractivity contribution in [1.29, 1.82) is 0 Å². The van der Waals surface area contributed by atoms with E-state index in [1.54, 1.807) is 18.3 Å². The summed E-state index contributed by atoms with van der Waals surface area (Å²) in [6.45, 7) is 1.92. The number of halogens is 1. The van der Waals surface area contributed by atoms with Gasteiger partial charge in [-0.25, -0.2) is 9.97 Å².